The molecular weight excluding hydrogens is 359 g/mol. The first-order valence-corrected chi connectivity index (χ1v) is 8.67. The number of rotatable bonds is 5. The minimum atomic E-state index is -4.71. The van der Waals surface area contributed by atoms with Gasteiger partial charge in [0.15, 0.2) is 0 Å². The summed E-state index contributed by atoms with van der Waals surface area (Å²) in [6.45, 7) is 1.43. The lowest BCUT2D eigenvalue weighted by molar-refractivity contribution is -0.138. The van der Waals surface area contributed by atoms with Gasteiger partial charge in [-0.25, -0.2) is 9.97 Å². The number of hydrogen-bond donors (Lipinski definition) is 3. The largest absolute Gasteiger partial charge is 0.418 e. The summed E-state index contributed by atoms with van der Waals surface area (Å²) in [7, 11) is 0. The Kier molecular flexibility index (Phi) is 5.59. The number of nitrogen functional groups attached to an aromatic ring is 1. The van der Waals surface area contributed by atoms with E-state index in [0.717, 1.165) is 31.9 Å². The summed E-state index contributed by atoms with van der Waals surface area (Å²) in [6.07, 6.45) is -0.159. The molecule has 1 unspecified atom stereocenters. The number of nitrogens with one attached hydrogen (secondary N) is 2. The van der Waals surface area contributed by atoms with Crippen LogP contribution in [0, 0.1) is 0 Å². The smallest absolute Gasteiger partial charge is 0.383 e. The van der Waals surface area contributed by atoms with Crippen molar-refractivity contribution >= 4 is 17.4 Å². The molecule has 1 aliphatic rings. The Morgan fingerprint density at radius 1 is 1.30 bits per heavy atom. The molecule has 0 radical (unpaired) electrons. The van der Waals surface area contributed by atoms with Crippen LogP contribution in [0.3, 0.4) is 0 Å². The Labute approximate surface area is 154 Å². The van der Waals surface area contributed by atoms with Crippen molar-refractivity contribution < 1.29 is 18.0 Å². The third-order valence-corrected chi connectivity index (χ3v) is 4.44. The number of nitrogens with two attached hydrogens (primary N) is 1. The molecule has 1 atom stereocenters. The van der Waals surface area contributed by atoms with Crippen LogP contribution in [0.5, 0.6) is 0 Å². The predicted molar refractivity (Wildman–Crippen MR) is 95.5 cm³/mol. The van der Waals surface area contributed by atoms with E-state index in [1.54, 1.807) is 0 Å². The zero-order chi connectivity index (χ0) is 19.4. The number of halogens is 3. The molecule has 27 heavy (non-hydrogen) atoms. The second-order valence-electron chi connectivity index (χ2n) is 6.38. The molecule has 3 rings (SSSR count). The van der Waals surface area contributed by atoms with Gasteiger partial charge >= 0.3 is 6.18 Å². The van der Waals surface area contributed by atoms with Crippen LogP contribution in [0.2, 0.25) is 0 Å². The van der Waals surface area contributed by atoms with Crippen LogP contribution >= 0.6 is 0 Å². The molecule has 1 fully saturated rings. The van der Waals surface area contributed by atoms with Crippen molar-refractivity contribution in [1.82, 2.24) is 15.3 Å². The molecule has 0 spiro atoms. The summed E-state index contributed by atoms with van der Waals surface area (Å²) in [5.74, 6) is -0.837. The van der Waals surface area contributed by atoms with Crippen molar-refractivity contribution in [3.8, 4) is 0 Å². The van der Waals surface area contributed by atoms with E-state index in [2.05, 4.69) is 20.6 Å². The lowest BCUT2D eigenvalue weighted by Crippen LogP contribution is -2.39. The van der Waals surface area contributed by atoms with Gasteiger partial charge in [0, 0.05) is 18.8 Å². The van der Waals surface area contributed by atoms with Crippen LogP contribution in [0.25, 0.3) is 0 Å². The molecule has 3 heterocycles. The molecule has 2 aromatic rings. The molecule has 6 nitrogen and oxygen atoms in total. The minimum absolute atomic E-state index is 0.110. The van der Waals surface area contributed by atoms with Gasteiger partial charge in [-0.15, -0.1) is 0 Å². The van der Waals surface area contributed by atoms with Gasteiger partial charge in [-0.05, 0) is 43.7 Å². The number of piperidine rings is 1. The first-order valence-electron chi connectivity index (χ1n) is 8.67. The van der Waals surface area contributed by atoms with E-state index in [1.165, 1.54) is 24.4 Å². The molecule has 0 aliphatic carbocycles. The number of carbonyl (C=O) groups excluding carboxylic acids is 1. The van der Waals surface area contributed by atoms with Gasteiger partial charge in [0.25, 0.3) is 0 Å². The highest BCUT2D eigenvalue weighted by atomic mass is 19.4. The molecule has 1 aliphatic heterocycles. The topological polar surface area (TPSA) is 92.9 Å². The SMILES string of the molecule is Nc1ncccc1C(=O)c1nc(NCC2CCCCN2)ccc1C(F)(F)F. The van der Waals surface area contributed by atoms with Crippen LogP contribution in [-0.4, -0.2) is 34.9 Å². The van der Waals surface area contributed by atoms with Gasteiger partial charge < -0.3 is 16.4 Å². The fourth-order valence-corrected chi connectivity index (χ4v) is 3.02. The van der Waals surface area contributed by atoms with Crippen molar-refractivity contribution in [2.24, 2.45) is 0 Å². The Bertz CT molecular complexity index is 819. The van der Waals surface area contributed by atoms with Crippen molar-refractivity contribution in [2.75, 3.05) is 24.1 Å². The van der Waals surface area contributed by atoms with Gasteiger partial charge in [-0.2, -0.15) is 13.2 Å². The van der Waals surface area contributed by atoms with Crippen LogP contribution in [0.1, 0.15) is 40.9 Å². The molecule has 0 bridgehead atoms. The molecule has 0 amide bonds. The van der Waals surface area contributed by atoms with Gasteiger partial charge in [0.2, 0.25) is 5.78 Å². The van der Waals surface area contributed by atoms with Crippen molar-refractivity contribution in [3.05, 3.63) is 47.3 Å². The van der Waals surface area contributed by atoms with E-state index >= 15 is 0 Å². The summed E-state index contributed by atoms with van der Waals surface area (Å²) >= 11 is 0. The van der Waals surface area contributed by atoms with Crippen molar-refractivity contribution in [3.63, 3.8) is 0 Å². The number of hydrogen-bond acceptors (Lipinski definition) is 6. The quantitative estimate of drug-likeness (QED) is 0.692. The molecule has 1 saturated heterocycles. The monoisotopic (exact) mass is 379 g/mol. The summed E-state index contributed by atoms with van der Waals surface area (Å²) in [4.78, 5) is 20.4. The summed E-state index contributed by atoms with van der Waals surface area (Å²) in [5.41, 5.74) is 3.75. The summed E-state index contributed by atoms with van der Waals surface area (Å²) < 4.78 is 40.1. The third kappa shape index (κ3) is 4.54. The number of alkyl halides is 3. The van der Waals surface area contributed by atoms with Gasteiger partial charge in [-0.3, -0.25) is 4.79 Å². The predicted octanol–water partition coefficient (Wildman–Crippen LogP) is 2.86. The molecule has 2 aromatic heterocycles. The van der Waals surface area contributed by atoms with E-state index in [9.17, 15) is 18.0 Å². The van der Waals surface area contributed by atoms with Crippen LogP contribution in [-0.2, 0) is 6.18 Å². The first-order chi connectivity index (χ1) is 12.9. The Morgan fingerprint density at radius 2 is 2.11 bits per heavy atom. The van der Waals surface area contributed by atoms with Crippen LogP contribution in [0.4, 0.5) is 24.8 Å². The highest BCUT2D eigenvalue weighted by Crippen LogP contribution is 2.33. The number of pyridine rings is 2. The fourth-order valence-electron chi connectivity index (χ4n) is 3.02. The zero-order valence-electron chi connectivity index (χ0n) is 14.5. The van der Waals surface area contributed by atoms with Gasteiger partial charge in [0.1, 0.15) is 17.3 Å². The normalized spacial score (nSPS) is 17.5. The Hall–Kier alpha value is -2.68. The number of carbonyl (C=O) groups is 1. The van der Waals surface area contributed by atoms with E-state index < -0.39 is 23.2 Å². The van der Waals surface area contributed by atoms with Crippen LogP contribution < -0.4 is 16.4 Å². The lowest BCUT2D eigenvalue weighted by Gasteiger charge is -2.24. The van der Waals surface area contributed by atoms with Crippen molar-refractivity contribution in [1.29, 1.82) is 0 Å². The summed E-state index contributed by atoms with van der Waals surface area (Å²) in [6, 6.07) is 5.08. The number of anilines is 2. The summed E-state index contributed by atoms with van der Waals surface area (Å²) in [5, 5.41) is 6.35. The highest BCUT2D eigenvalue weighted by Gasteiger charge is 2.37. The van der Waals surface area contributed by atoms with E-state index in [-0.39, 0.29) is 23.2 Å². The maximum absolute atomic E-state index is 13.4. The third-order valence-electron chi connectivity index (χ3n) is 4.44. The highest BCUT2D eigenvalue weighted by molar-refractivity contribution is 6.11. The maximum Gasteiger partial charge on any atom is 0.418 e. The van der Waals surface area contributed by atoms with E-state index in [1.807, 2.05) is 0 Å². The average molecular weight is 379 g/mol. The molecule has 0 aromatic carbocycles. The van der Waals surface area contributed by atoms with Gasteiger partial charge in [-0.1, -0.05) is 6.42 Å². The number of nitrogens with zero attached hydrogens (tertiary/aromatic N) is 2. The zero-order valence-corrected chi connectivity index (χ0v) is 14.5. The fraction of sp³-hybridized carbons (Fsp3) is 0.389. The van der Waals surface area contributed by atoms with Gasteiger partial charge in [0.05, 0.1) is 11.1 Å². The molecule has 4 N–H and O–H groups in total. The Balaban J connectivity index is 1.89. The average Bonchev–Trinajstić information content (AvgIpc) is 2.66. The second kappa shape index (κ2) is 7.91. The molecular formula is C18H20F3N5O. The standard InChI is InChI=1S/C18H20F3N5O/c19-18(20,21)13-6-7-14(25-10-11-4-1-2-8-23-11)26-15(13)16(27)12-5-3-9-24-17(12)22/h3,5-7,9,11,23H,1-2,4,8,10H2,(H2,22,24)(H,25,26). The molecule has 0 saturated carbocycles. The second-order valence-corrected chi connectivity index (χ2v) is 6.38. The number of aromatic nitrogens is 2. The van der Waals surface area contributed by atoms with Crippen LogP contribution in [0.15, 0.2) is 30.5 Å². The first kappa shape index (κ1) is 19.1. The number of ketones is 1. The molecule has 144 valence electrons. The van der Waals surface area contributed by atoms with Crippen molar-refractivity contribution in [2.45, 2.75) is 31.5 Å². The molecule has 9 heteroatoms. The van der Waals surface area contributed by atoms with E-state index in [0.29, 0.717) is 6.54 Å². The lowest BCUT2D eigenvalue weighted by atomic mass is 10.0. The van der Waals surface area contributed by atoms with E-state index in [4.69, 9.17) is 5.73 Å². The maximum atomic E-state index is 13.4. The minimum Gasteiger partial charge on any atom is -0.383 e. The Morgan fingerprint density at radius 3 is 2.78 bits per heavy atom.